The van der Waals surface area contributed by atoms with Crippen LogP contribution in [0.5, 0.6) is 0 Å². The number of carbonyl (C=O) groups excluding carboxylic acids is 2. The predicted molar refractivity (Wildman–Crippen MR) is 79.9 cm³/mol. The first-order valence-corrected chi connectivity index (χ1v) is 7.77. The lowest BCUT2D eigenvalue weighted by molar-refractivity contribution is -0.608. The van der Waals surface area contributed by atoms with Gasteiger partial charge in [-0.25, -0.2) is 4.79 Å². The van der Waals surface area contributed by atoms with Crippen LogP contribution in [0.15, 0.2) is 24.4 Å². The molecule has 6 nitrogen and oxygen atoms in total. The van der Waals surface area contributed by atoms with Crippen LogP contribution in [-0.2, 0) is 9.53 Å². The van der Waals surface area contributed by atoms with Gasteiger partial charge in [-0.05, 0) is 25.8 Å². The van der Waals surface area contributed by atoms with Crippen molar-refractivity contribution in [2.75, 3.05) is 0 Å². The van der Waals surface area contributed by atoms with Crippen molar-refractivity contribution in [1.82, 2.24) is 5.32 Å². The summed E-state index contributed by atoms with van der Waals surface area (Å²) in [7, 11) is 0. The van der Waals surface area contributed by atoms with Crippen molar-refractivity contribution < 1.29 is 19.1 Å². The van der Waals surface area contributed by atoms with Gasteiger partial charge in [-0.2, -0.15) is 4.73 Å². The summed E-state index contributed by atoms with van der Waals surface area (Å²) in [5.41, 5.74) is -0.128. The van der Waals surface area contributed by atoms with Gasteiger partial charge in [0.05, 0.1) is 0 Å². The predicted octanol–water partition coefficient (Wildman–Crippen LogP) is 1.70. The largest absolute Gasteiger partial charge is 0.618 e. The quantitative estimate of drug-likeness (QED) is 0.397. The number of nitrogens with one attached hydrogen (secondary N) is 1. The third kappa shape index (κ3) is 4.44. The van der Waals surface area contributed by atoms with Crippen molar-refractivity contribution >= 4 is 11.9 Å². The third-order valence-electron chi connectivity index (χ3n) is 3.89. The van der Waals surface area contributed by atoms with Gasteiger partial charge < -0.3 is 15.3 Å². The minimum atomic E-state index is -0.920. The van der Waals surface area contributed by atoms with Crippen molar-refractivity contribution in [2.45, 2.75) is 57.6 Å². The number of nitrogens with zero attached hydrogens (tertiary/aromatic N) is 1. The SMILES string of the molecule is C[C@@H](OC(=O)c1cccc[n+]1[O-])C(=O)NC1CCCCCC1. The number of pyridine rings is 1. The zero-order chi connectivity index (χ0) is 15.9. The van der Waals surface area contributed by atoms with Crippen molar-refractivity contribution in [3.05, 3.63) is 35.3 Å². The number of amides is 1. The molecule has 0 bridgehead atoms. The second kappa shape index (κ2) is 7.77. The zero-order valence-electron chi connectivity index (χ0n) is 12.8. The standard InChI is InChI=1S/C16H22N2O4/c1-12(15(19)17-13-8-4-2-3-5-9-13)22-16(20)14-10-6-7-11-18(14)21/h6-7,10-13H,2-5,8-9H2,1H3,(H,17,19)/t12-/m1/s1. The van der Waals surface area contributed by atoms with Gasteiger partial charge in [-0.15, -0.1) is 0 Å². The topological polar surface area (TPSA) is 82.3 Å². The molecule has 0 aliphatic heterocycles. The number of ether oxygens (including phenoxy) is 1. The number of rotatable bonds is 4. The molecule has 0 saturated heterocycles. The highest BCUT2D eigenvalue weighted by Gasteiger charge is 2.25. The van der Waals surface area contributed by atoms with E-state index in [2.05, 4.69) is 5.32 Å². The maximum atomic E-state index is 12.1. The molecule has 22 heavy (non-hydrogen) atoms. The molecular formula is C16H22N2O4. The Morgan fingerprint density at radius 1 is 1.27 bits per heavy atom. The molecule has 0 spiro atoms. The van der Waals surface area contributed by atoms with Crippen molar-refractivity contribution in [2.24, 2.45) is 0 Å². The molecular weight excluding hydrogens is 284 g/mol. The maximum Gasteiger partial charge on any atom is 0.405 e. The monoisotopic (exact) mass is 306 g/mol. The lowest BCUT2D eigenvalue weighted by Gasteiger charge is -2.19. The van der Waals surface area contributed by atoms with E-state index in [4.69, 9.17) is 4.74 Å². The van der Waals surface area contributed by atoms with Gasteiger partial charge in [0.2, 0.25) is 0 Å². The van der Waals surface area contributed by atoms with Crippen LogP contribution in [0.2, 0.25) is 0 Å². The van der Waals surface area contributed by atoms with Crippen LogP contribution in [-0.4, -0.2) is 24.0 Å². The maximum absolute atomic E-state index is 12.1. The molecule has 2 rings (SSSR count). The van der Waals surface area contributed by atoms with Crippen LogP contribution in [0.25, 0.3) is 0 Å². The minimum Gasteiger partial charge on any atom is -0.618 e. The van der Waals surface area contributed by atoms with E-state index in [1.54, 1.807) is 6.07 Å². The molecule has 1 aromatic rings. The van der Waals surface area contributed by atoms with Crippen LogP contribution in [0.1, 0.15) is 55.9 Å². The van der Waals surface area contributed by atoms with Gasteiger partial charge in [0.15, 0.2) is 12.3 Å². The van der Waals surface area contributed by atoms with Gasteiger partial charge in [-0.1, -0.05) is 25.7 Å². The van der Waals surface area contributed by atoms with E-state index in [0.717, 1.165) is 25.7 Å². The van der Waals surface area contributed by atoms with E-state index in [-0.39, 0.29) is 17.6 Å². The lowest BCUT2D eigenvalue weighted by Crippen LogP contribution is -2.43. The van der Waals surface area contributed by atoms with Crippen LogP contribution in [0.3, 0.4) is 0 Å². The summed E-state index contributed by atoms with van der Waals surface area (Å²) in [4.78, 5) is 24.0. The van der Waals surface area contributed by atoms with E-state index in [1.165, 1.54) is 38.1 Å². The van der Waals surface area contributed by atoms with E-state index < -0.39 is 12.1 Å². The highest BCUT2D eigenvalue weighted by atomic mass is 16.6. The second-order valence-electron chi connectivity index (χ2n) is 5.66. The smallest absolute Gasteiger partial charge is 0.405 e. The molecule has 0 aromatic carbocycles. The summed E-state index contributed by atoms with van der Waals surface area (Å²) in [6, 6.07) is 4.61. The summed E-state index contributed by atoms with van der Waals surface area (Å²) in [6.07, 6.45) is 6.85. The minimum absolute atomic E-state index is 0.128. The second-order valence-corrected chi connectivity index (χ2v) is 5.66. The highest BCUT2D eigenvalue weighted by molar-refractivity contribution is 5.89. The zero-order valence-corrected chi connectivity index (χ0v) is 12.8. The van der Waals surface area contributed by atoms with Crippen LogP contribution in [0.4, 0.5) is 0 Å². The Hall–Kier alpha value is -2.11. The van der Waals surface area contributed by atoms with Gasteiger partial charge in [0, 0.05) is 18.2 Å². The molecule has 1 heterocycles. The summed E-state index contributed by atoms with van der Waals surface area (Å²) < 4.78 is 5.51. The molecule has 1 N–H and O–H groups in total. The fourth-order valence-corrected chi connectivity index (χ4v) is 2.60. The van der Waals surface area contributed by atoms with E-state index in [0.29, 0.717) is 4.73 Å². The van der Waals surface area contributed by atoms with E-state index >= 15 is 0 Å². The number of aromatic nitrogens is 1. The Labute approximate surface area is 130 Å². The average molecular weight is 306 g/mol. The fraction of sp³-hybridized carbons (Fsp3) is 0.562. The summed E-state index contributed by atoms with van der Waals surface area (Å²) >= 11 is 0. The van der Waals surface area contributed by atoms with Crippen molar-refractivity contribution in [1.29, 1.82) is 0 Å². The first-order valence-electron chi connectivity index (χ1n) is 7.77. The van der Waals surface area contributed by atoms with Crippen LogP contribution < -0.4 is 10.0 Å². The molecule has 1 saturated carbocycles. The van der Waals surface area contributed by atoms with Crippen LogP contribution >= 0.6 is 0 Å². The average Bonchev–Trinajstić information content (AvgIpc) is 2.76. The molecule has 1 aliphatic carbocycles. The van der Waals surface area contributed by atoms with Gasteiger partial charge in [0.1, 0.15) is 0 Å². The Balaban J connectivity index is 1.88. The summed E-state index contributed by atoms with van der Waals surface area (Å²) in [5, 5.41) is 14.4. The van der Waals surface area contributed by atoms with Crippen LogP contribution in [0, 0.1) is 5.21 Å². The molecule has 1 amide bonds. The third-order valence-corrected chi connectivity index (χ3v) is 3.89. The first-order chi connectivity index (χ1) is 10.6. The van der Waals surface area contributed by atoms with Crippen molar-refractivity contribution in [3.63, 3.8) is 0 Å². The molecule has 0 radical (unpaired) electrons. The molecule has 6 heteroatoms. The molecule has 120 valence electrons. The molecule has 1 aromatic heterocycles. The molecule has 1 atom stereocenters. The fourth-order valence-electron chi connectivity index (χ4n) is 2.60. The van der Waals surface area contributed by atoms with E-state index in [1.807, 2.05) is 0 Å². The first kappa shape index (κ1) is 16.3. The lowest BCUT2D eigenvalue weighted by atomic mass is 10.1. The Bertz CT molecular complexity index is 525. The Morgan fingerprint density at radius 2 is 1.95 bits per heavy atom. The number of hydrogen-bond acceptors (Lipinski definition) is 4. The van der Waals surface area contributed by atoms with Gasteiger partial charge >= 0.3 is 11.7 Å². The number of esters is 1. The van der Waals surface area contributed by atoms with Gasteiger partial charge in [-0.3, -0.25) is 4.79 Å². The summed E-state index contributed by atoms with van der Waals surface area (Å²) in [5.74, 6) is -1.10. The Kier molecular flexibility index (Phi) is 5.75. The number of hydrogen-bond donors (Lipinski definition) is 1. The highest BCUT2D eigenvalue weighted by Crippen LogP contribution is 2.17. The molecule has 0 unspecified atom stereocenters. The molecule has 1 fully saturated rings. The van der Waals surface area contributed by atoms with E-state index in [9.17, 15) is 14.8 Å². The number of carbonyl (C=O) groups is 2. The molecule has 1 aliphatic rings. The summed E-state index contributed by atoms with van der Waals surface area (Å²) in [6.45, 7) is 1.52. The van der Waals surface area contributed by atoms with Gasteiger partial charge in [0.25, 0.3) is 5.91 Å². The van der Waals surface area contributed by atoms with Crippen molar-refractivity contribution in [3.8, 4) is 0 Å². The Morgan fingerprint density at radius 3 is 2.59 bits per heavy atom. The normalized spacial score (nSPS) is 17.3.